The minimum absolute atomic E-state index is 0.386. The van der Waals surface area contributed by atoms with Crippen LogP contribution >= 0.6 is 0 Å². The highest BCUT2D eigenvalue weighted by Crippen LogP contribution is 2.37. The molecule has 0 bridgehead atoms. The molecule has 1 aliphatic carbocycles. The van der Waals surface area contributed by atoms with Crippen molar-refractivity contribution < 1.29 is 4.74 Å². The SMILES string of the molecule is CC(C)N(Cc1nc(C2CC2)n[nH]1)C[C@H]1CCCCO1. The van der Waals surface area contributed by atoms with Crippen molar-refractivity contribution in [1.29, 1.82) is 0 Å². The topological polar surface area (TPSA) is 54.0 Å². The molecule has 2 heterocycles. The van der Waals surface area contributed by atoms with Crippen LogP contribution in [0.3, 0.4) is 0 Å². The average molecular weight is 278 g/mol. The molecule has 1 saturated heterocycles. The second-order valence-corrected chi connectivity index (χ2v) is 6.43. The highest BCUT2D eigenvalue weighted by Gasteiger charge is 2.28. The largest absolute Gasteiger partial charge is 0.377 e. The summed E-state index contributed by atoms with van der Waals surface area (Å²) in [4.78, 5) is 7.08. The highest BCUT2D eigenvalue weighted by molar-refractivity contribution is 5.05. The molecule has 0 amide bonds. The van der Waals surface area contributed by atoms with Crippen LogP contribution in [0.4, 0.5) is 0 Å². The summed E-state index contributed by atoms with van der Waals surface area (Å²) >= 11 is 0. The van der Waals surface area contributed by atoms with E-state index in [0.717, 1.165) is 31.3 Å². The Morgan fingerprint density at radius 2 is 2.15 bits per heavy atom. The quantitative estimate of drug-likeness (QED) is 0.868. The molecule has 1 aromatic heterocycles. The van der Waals surface area contributed by atoms with Crippen LogP contribution in [0.5, 0.6) is 0 Å². The molecular formula is C15H26N4O. The lowest BCUT2D eigenvalue weighted by Crippen LogP contribution is -2.39. The maximum atomic E-state index is 5.86. The summed E-state index contributed by atoms with van der Waals surface area (Å²) in [5, 5.41) is 7.45. The molecular weight excluding hydrogens is 252 g/mol. The third kappa shape index (κ3) is 3.58. The molecule has 1 atom stereocenters. The van der Waals surface area contributed by atoms with Crippen molar-refractivity contribution in [1.82, 2.24) is 20.1 Å². The average Bonchev–Trinajstić information content (AvgIpc) is 3.19. The molecule has 0 spiro atoms. The summed E-state index contributed by atoms with van der Waals surface area (Å²) in [6, 6.07) is 0.495. The fourth-order valence-corrected chi connectivity index (χ4v) is 2.77. The maximum absolute atomic E-state index is 5.86. The standard InChI is InChI=1S/C15H26N4O/c1-11(2)19(9-13-5-3-4-8-20-13)10-14-16-15(18-17-14)12-6-7-12/h11-13H,3-10H2,1-2H3,(H,16,17,18)/t13-/m1/s1. The maximum Gasteiger partial charge on any atom is 0.153 e. The van der Waals surface area contributed by atoms with E-state index < -0.39 is 0 Å². The van der Waals surface area contributed by atoms with Crippen LogP contribution in [0.2, 0.25) is 0 Å². The molecule has 1 aliphatic heterocycles. The zero-order chi connectivity index (χ0) is 13.9. The molecule has 1 aromatic rings. The van der Waals surface area contributed by atoms with E-state index in [4.69, 9.17) is 4.74 Å². The Hall–Kier alpha value is -0.940. The lowest BCUT2D eigenvalue weighted by Gasteiger charge is -2.31. The lowest BCUT2D eigenvalue weighted by atomic mass is 10.1. The van der Waals surface area contributed by atoms with Gasteiger partial charge in [-0.2, -0.15) is 5.10 Å². The Kier molecular flexibility index (Phi) is 4.36. The third-order valence-corrected chi connectivity index (χ3v) is 4.29. The van der Waals surface area contributed by atoms with Crippen molar-refractivity contribution in [2.75, 3.05) is 13.2 Å². The van der Waals surface area contributed by atoms with Gasteiger partial charge in [0.25, 0.3) is 0 Å². The predicted molar refractivity (Wildman–Crippen MR) is 77.5 cm³/mol. The molecule has 0 unspecified atom stereocenters. The van der Waals surface area contributed by atoms with E-state index in [1.165, 1.54) is 32.1 Å². The van der Waals surface area contributed by atoms with Crippen molar-refractivity contribution in [2.45, 2.75) is 70.6 Å². The number of ether oxygens (including phenoxy) is 1. The molecule has 0 radical (unpaired) electrons. The van der Waals surface area contributed by atoms with Gasteiger partial charge >= 0.3 is 0 Å². The van der Waals surface area contributed by atoms with Crippen LogP contribution in [-0.2, 0) is 11.3 Å². The van der Waals surface area contributed by atoms with E-state index in [1.54, 1.807) is 0 Å². The number of nitrogens with zero attached hydrogens (tertiary/aromatic N) is 3. The molecule has 5 heteroatoms. The zero-order valence-corrected chi connectivity index (χ0v) is 12.6. The first-order valence-electron chi connectivity index (χ1n) is 7.99. The molecule has 112 valence electrons. The predicted octanol–water partition coefficient (Wildman–Crippen LogP) is 2.46. The van der Waals surface area contributed by atoms with Gasteiger partial charge in [-0.1, -0.05) is 0 Å². The van der Waals surface area contributed by atoms with Crippen LogP contribution in [0, 0.1) is 0 Å². The van der Waals surface area contributed by atoms with Crippen LogP contribution in [0.15, 0.2) is 0 Å². The van der Waals surface area contributed by atoms with Gasteiger partial charge in [0, 0.05) is 25.1 Å². The summed E-state index contributed by atoms with van der Waals surface area (Å²) < 4.78 is 5.86. The lowest BCUT2D eigenvalue weighted by molar-refractivity contribution is -0.0134. The smallest absolute Gasteiger partial charge is 0.153 e. The molecule has 3 rings (SSSR count). The van der Waals surface area contributed by atoms with Crippen LogP contribution in [-0.4, -0.2) is 45.4 Å². The van der Waals surface area contributed by atoms with Gasteiger partial charge in [-0.15, -0.1) is 0 Å². The molecule has 1 N–H and O–H groups in total. The summed E-state index contributed by atoms with van der Waals surface area (Å²) in [6.07, 6.45) is 6.59. The van der Waals surface area contributed by atoms with E-state index >= 15 is 0 Å². The second kappa shape index (κ2) is 6.22. The fraction of sp³-hybridized carbons (Fsp3) is 0.867. The highest BCUT2D eigenvalue weighted by atomic mass is 16.5. The molecule has 2 aliphatic rings. The Balaban J connectivity index is 1.57. The van der Waals surface area contributed by atoms with Crippen molar-refractivity contribution in [3.05, 3.63) is 11.6 Å². The first-order chi connectivity index (χ1) is 9.72. The zero-order valence-electron chi connectivity index (χ0n) is 12.6. The normalized spacial score (nSPS) is 23.7. The van der Waals surface area contributed by atoms with Gasteiger partial charge in [0.2, 0.25) is 0 Å². The van der Waals surface area contributed by atoms with Gasteiger partial charge in [0.05, 0.1) is 12.6 Å². The summed E-state index contributed by atoms with van der Waals surface area (Å²) in [6.45, 7) is 7.24. The number of aromatic amines is 1. The van der Waals surface area contributed by atoms with Gasteiger partial charge in [-0.05, 0) is 46.0 Å². The van der Waals surface area contributed by atoms with Crippen LogP contribution < -0.4 is 0 Å². The van der Waals surface area contributed by atoms with E-state index in [2.05, 4.69) is 33.9 Å². The Bertz CT molecular complexity index is 421. The van der Waals surface area contributed by atoms with E-state index in [-0.39, 0.29) is 0 Å². The molecule has 0 aromatic carbocycles. The number of aromatic nitrogens is 3. The third-order valence-electron chi connectivity index (χ3n) is 4.29. The first-order valence-corrected chi connectivity index (χ1v) is 7.99. The van der Waals surface area contributed by atoms with Crippen molar-refractivity contribution >= 4 is 0 Å². The molecule has 5 nitrogen and oxygen atoms in total. The van der Waals surface area contributed by atoms with Gasteiger partial charge in [0.1, 0.15) is 5.82 Å². The van der Waals surface area contributed by atoms with E-state index in [0.29, 0.717) is 18.1 Å². The van der Waals surface area contributed by atoms with Gasteiger partial charge in [-0.3, -0.25) is 10.00 Å². The summed E-state index contributed by atoms with van der Waals surface area (Å²) in [5.74, 6) is 2.63. The Morgan fingerprint density at radius 1 is 1.30 bits per heavy atom. The second-order valence-electron chi connectivity index (χ2n) is 6.43. The number of hydrogen-bond acceptors (Lipinski definition) is 4. The number of rotatable bonds is 6. The first kappa shape index (κ1) is 14.0. The minimum atomic E-state index is 0.386. The summed E-state index contributed by atoms with van der Waals surface area (Å²) in [7, 11) is 0. The van der Waals surface area contributed by atoms with Gasteiger partial charge < -0.3 is 4.74 Å². The molecule has 1 saturated carbocycles. The van der Waals surface area contributed by atoms with Crippen LogP contribution in [0.25, 0.3) is 0 Å². The van der Waals surface area contributed by atoms with Gasteiger partial charge in [0.15, 0.2) is 5.82 Å². The molecule has 20 heavy (non-hydrogen) atoms. The van der Waals surface area contributed by atoms with E-state index in [1.807, 2.05) is 0 Å². The molecule has 2 fully saturated rings. The number of hydrogen-bond donors (Lipinski definition) is 1. The van der Waals surface area contributed by atoms with E-state index in [9.17, 15) is 0 Å². The Morgan fingerprint density at radius 3 is 2.80 bits per heavy atom. The van der Waals surface area contributed by atoms with Crippen LogP contribution in [0.1, 0.15) is 63.5 Å². The number of nitrogens with one attached hydrogen (secondary N) is 1. The Labute approximate surface area is 121 Å². The van der Waals surface area contributed by atoms with Crippen molar-refractivity contribution in [2.24, 2.45) is 0 Å². The monoisotopic (exact) mass is 278 g/mol. The van der Waals surface area contributed by atoms with Crippen molar-refractivity contribution in [3.8, 4) is 0 Å². The fourth-order valence-electron chi connectivity index (χ4n) is 2.77. The minimum Gasteiger partial charge on any atom is -0.377 e. The summed E-state index contributed by atoms with van der Waals surface area (Å²) in [5.41, 5.74) is 0. The number of H-pyrrole nitrogens is 1. The van der Waals surface area contributed by atoms with Gasteiger partial charge in [-0.25, -0.2) is 4.98 Å². The van der Waals surface area contributed by atoms with Crippen molar-refractivity contribution in [3.63, 3.8) is 0 Å².